The van der Waals surface area contributed by atoms with Gasteiger partial charge in [0.2, 0.25) is 5.91 Å². The van der Waals surface area contributed by atoms with Crippen LogP contribution in [-0.4, -0.2) is 53.2 Å². The van der Waals surface area contributed by atoms with Crippen molar-refractivity contribution in [1.29, 1.82) is 0 Å². The number of halogens is 1. The summed E-state index contributed by atoms with van der Waals surface area (Å²) in [4.78, 5) is 18.7. The van der Waals surface area contributed by atoms with E-state index < -0.39 is 0 Å². The molecule has 3 rings (SSSR count). The number of carbonyl (C=O) groups is 1. The maximum absolute atomic E-state index is 12.4. The van der Waals surface area contributed by atoms with Crippen LogP contribution < -0.4 is 10.6 Å². The number of amides is 1. The Bertz CT molecular complexity index is 974. The second kappa shape index (κ2) is 14.3. The zero-order valence-corrected chi connectivity index (χ0v) is 21.6. The first kappa shape index (κ1) is 26.4. The number of rotatable bonds is 10. The monoisotopic (exact) mass is 560 g/mol. The molecule has 33 heavy (non-hydrogen) atoms. The fourth-order valence-corrected chi connectivity index (χ4v) is 3.30. The van der Waals surface area contributed by atoms with Gasteiger partial charge in [-0.25, -0.2) is 4.68 Å². The largest absolute Gasteiger partial charge is 0.357 e. The Morgan fingerprint density at radius 2 is 1.79 bits per heavy atom. The standard InChI is InChI=1S/C25H32N6O.HI/c1-3-26-25(28-18-15-24(32)30(2)20-22-8-5-4-6-9-22)27-17-14-21-10-12-23(13-11-21)31-19-7-16-29-31;/h4-13,16,19H,3,14-15,17-18,20H2,1-2H3,(H2,26,27,28);1H. The Hall–Kier alpha value is -2.88. The quantitative estimate of drug-likeness (QED) is 0.226. The van der Waals surface area contributed by atoms with E-state index in [1.54, 1.807) is 11.1 Å². The normalized spacial score (nSPS) is 10.9. The molecule has 0 bridgehead atoms. The number of benzene rings is 2. The maximum Gasteiger partial charge on any atom is 0.224 e. The third kappa shape index (κ3) is 8.88. The van der Waals surface area contributed by atoms with Gasteiger partial charge in [-0.1, -0.05) is 42.5 Å². The van der Waals surface area contributed by atoms with Gasteiger partial charge in [-0.05, 0) is 42.7 Å². The van der Waals surface area contributed by atoms with Crippen molar-refractivity contribution >= 4 is 35.8 Å². The van der Waals surface area contributed by atoms with Crippen molar-refractivity contribution in [2.45, 2.75) is 26.3 Å². The molecule has 176 valence electrons. The number of carbonyl (C=O) groups excluding carboxylic acids is 1. The van der Waals surface area contributed by atoms with E-state index in [0.717, 1.165) is 36.7 Å². The van der Waals surface area contributed by atoms with E-state index in [9.17, 15) is 4.79 Å². The molecule has 2 aromatic carbocycles. The van der Waals surface area contributed by atoms with Gasteiger partial charge in [0, 0.05) is 45.5 Å². The van der Waals surface area contributed by atoms with Crippen molar-refractivity contribution in [2.75, 3.05) is 26.7 Å². The van der Waals surface area contributed by atoms with E-state index in [2.05, 4.69) is 45.0 Å². The molecule has 0 aliphatic carbocycles. The van der Waals surface area contributed by atoms with Crippen LogP contribution in [0.15, 0.2) is 78.0 Å². The molecule has 0 saturated heterocycles. The number of aliphatic imine (C=N–C) groups is 1. The first-order chi connectivity index (χ1) is 15.7. The van der Waals surface area contributed by atoms with Crippen LogP contribution in [0.5, 0.6) is 0 Å². The van der Waals surface area contributed by atoms with Crippen molar-refractivity contribution in [3.8, 4) is 5.69 Å². The summed E-state index contributed by atoms with van der Waals surface area (Å²) >= 11 is 0. The number of nitrogens with one attached hydrogen (secondary N) is 2. The summed E-state index contributed by atoms with van der Waals surface area (Å²) in [6.45, 7) is 4.62. The number of hydrogen-bond donors (Lipinski definition) is 2. The van der Waals surface area contributed by atoms with Crippen LogP contribution in [0.1, 0.15) is 24.5 Å². The van der Waals surface area contributed by atoms with Gasteiger partial charge in [-0.2, -0.15) is 5.10 Å². The smallest absolute Gasteiger partial charge is 0.224 e. The predicted octanol–water partition coefficient (Wildman–Crippen LogP) is 3.64. The molecule has 7 nitrogen and oxygen atoms in total. The molecule has 0 unspecified atom stereocenters. The van der Waals surface area contributed by atoms with Gasteiger partial charge in [-0.15, -0.1) is 24.0 Å². The van der Waals surface area contributed by atoms with E-state index in [1.165, 1.54) is 5.56 Å². The van der Waals surface area contributed by atoms with Crippen molar-refractivity contribution in [1.82, 2.24) is 25.3 Å². The molecule has 0 spiro atoms. The minimum atomic E-state index is 0. The Morgan fingerprint density at radius 3 is 2.45 bits per heavy atom. The van der Waals surface area contributed by atoms with Gasteiger partial charge in [0.05, 0.1) is 12.2 Å². The molecule has 0 aliphatic rings. The van der Waals surface area contributed by atoms with Crippen molar-refractivity contribution in [2.24, 2.45) is 4.99 Å². The van der Waals surface area contributed by atoms with Gasteiger partial charge in [-0.3, -0.25) is 9.79 Å². The number of hydrogen-bond acceptors (Lipinski definition) is 3. The Labute approximate surface area is 213 Å². The summed E-state index contributed by atoms with van der Waals surface area (Å²) < 4.78 is 1.84. The lowest BCUT2D eigenvalue weighted by Gasteiger charge is -2.17. The summed E-state index contributed by atoms with van der Waals surface area (Å²) in [5.74, 6) is 0.824. The van der Waals surface area contributed by atoms with Crippen molar-refractivity contribution in [3.63, 3.8) is 0 Å². The molecule has 3 aromatic rings. The average molecular weight is 560 g/mol. The number of aromatic nitrogens is 2. The van der Waals surface area contributed by atoms with Crippen molar-refractivity contribution < 1.29 is 4.79 Å². The molecule has 8 heteroatoms. The molecule has 0 aliphatic heterocycles. The lowest BCUT2D eigenvalue weighted by atomic mass is 10.1. The molecule has 1 heterocycles. The third-order valence-corrected chi connectivity index (χ3v) is 5.04. The Morgan fingerprint density at radius 1 is 1.03 bits per heavy atom. The summed E-state index contributed by atoms with van der Waals surface area (Å²) in [6, 6.07) is 20.3. The van der Waals surface area contributed by atoms with Crippen LogP contribution in [0.3, 0.4) is 0 Å². The molecule has 1 amide bonds. The topological polar surface area (TPSA) is 74.6 Å². The highest BCUT2D eigenvalue weighted by Crippen LogP contribution is 2.09. The van der Waals surface area contributed by atoms with Gasteiger partial charge >= 0.3 is 0 Å². The van der Waals surface area contributed by atoms with Crippen LogP contribution in [0.4, 0.5) is 0 Å². The molecule has 2 N–H and O–H groups in total. The van der Waals surface area contributed by atoms with E-state index >= 15 is 0 Å². The highest BCUT2D eigenvalue weighted by molar-refractivity contribution is 14.0. The van der Waals surface area contributed by atoms with Crippen LogP contribution in [0.2, 0.25) is 0 Å². The number of nitrogens with zero attached hydrogens (tertiary/aromatic N) is 4. The molecule has 0 fully saturated rings. The zero-order chi connectivity index (χ0) is 22.6. The average Bonchev–Trinajstić information content (AvgIpc) is 3.35. The van der Waals surface area contributed by atoms with E-state index in [0.29, 0.717) is 19.5 Å². The Balaban J connectivity index is 0.00000385. The first-order valence-corrected chi connectivity index (χ1v) is 11.0. The summed E-state index contributed by atoms with van der Waals surface area (Å²) in [7, 11) is 1.83. The highest BCUT2D eigenvalue weighted by atomic mass is 127. The second-order valence-corrected chi connectivity index (χ2v) is 7.54. The lowest BCUT2D eigenvalue weighted by Crippen LogP contribution is -2.38. The first-order valence-electron chi connectivity index (χ1n) is 11.0. The fraction of sp³-hybridized carbons (Fsp3) is 0.320. The molecule has 0 atom stereocenters. The summed E-state index contributed by atoms with van der Waals surface area (Å²) in [5.41, 5.74) is 3.41. The van der Waals surface area contributed by atoms with Gasteiger partial charge < -0.3 is 15.5 Å². The number of guanidine groups is 1. The molecular formula is C25H33IN6O. The molecule has 1 aromatic heterocycles. The van der Waals surface area contributed by atoms with Crippen LogP contribution in [0, 0.1) is 0 Å². The maximum atomic E-state index is 12.4. The van der Waals surface area contributed by atoms with Crippen molar-refractivity contribution in [3.05, 3.63) is 84.2 Å². The second-order valence-electron chi connectivity index (χ2n) is 7.54. The Kier molecular flexibility index (Phi) is 11.4. The molecule has 0 saturated carbocycles. The van der Waals surface area contributed by atoms with Gasteiger partial charge in [0.25, 0.3) is 0 Å². The summed E-state index contributed by atoms with van der Waals surface area (Å²) in [6.07, 6.45) is 4.96. The highest BCUT2D eigenvalue weighted by Gasteiger charge is 2.09. The van der Waals surface area contributed by atoms with E-state index in [-0.39, 0.29) is 29.9 Å². The van der Waals surface area contributed by atoms with Gasteiger partial charge in [0.15, 0.2) is 5.96 Å². The zero-order valence-electron chi connectivity index (χ0n) is 19.3. The fourth-order valence-electron chi connectivity index (χ4n) is 3.30. The summed E-state index contributed by atoms with van der Waals surface area (Å²) in [5, 5.41) is 10.8. The van der Waals surface area contributed by atoms with Crippen LogP contribution in [-0.2, 0) is 17.8 Å². The van der Waals surface area contributed by atoms with E-state index in [1.807, 2.05) is 61.2 Å². The third-order valence-electron chi connectivity index (χ3n) is 5.04. The van der Waals surface area contributed by atoms with Crippen LogP contribution in [0.25, 0.3) is 5.69 Å². The minimum Gasteiger partial charge on any atom is -0.357 e. The molecular weight excluding hydrogens is 527 g/mol. The lowest BCUT2D eigenvalue weighted by molar-refractivity contribution is -0.130. The minimum absolute atomic E-state index is 0. The predicted molar refractivity (Wildman–Crippen MR) is 144 cm³/mol. The van der Waals surface area contributed by atoms with Gasteiger partial charge in [0.1, 0.15) is 0 Å². The van der Waals surface area contributed by atoms with Crippen LogP contribution >= 0.6 is 24.0 Å². The SMILES string of the molecule is CCNC(=NCCC(=O)N(C)Cc1ccccc1)NCCc1ccc(-n2cccn2)cc1.I. The molecule has 0 radical (unpaired) electrons. The van der Waals surface area contributed by atoms with E-state index in [4.69, 9.17) is 0 Å².